The zero-order valence-corrected chi connectivity index (χ0v) is 23.2. The van der Waals surface area contributed by atoms with Gasteiger partial charge in [0.25, 0.3) is 10.0 Å². The van der Waals surface area contributed by atoms with Crippen LogP contribution in [0.4, 0.5) is 9.59 Å². The van der Waals surface area contributed by atoms with Crippen LogP contribution in [0, 0.1) is 0 Å². The van der Waals surface area contributed by atoms with Crippen LogP contribution in [0.5, 0.6) is 5.75 Å². The Morgan fingerprint density at radius 1 is 0.975 bits per heavy atom. The van der Waals surface area contributed by atoms with Crippen molar-refractivity contribution in [3.63, 3.8) is 0 Å². The molecule has 10 nitrogen and oxygen atoms in total. The average Bonchev–Trinajstić information content (AvgIpc) is 3.28. The van der Waals surface area contributed by atoms with E-state index in [0.717, 1.165) is 30.7 Å². The molecule has 1 aromatic heterocycles. The molecule has 1 heterocycles. The quantitative estimate of drug-likeness (QED) is 0.160. The monoisotopic (exact) mass is 564 g/mol. The van der Waals surface area contributed by atoms with E-state index in [2.05, 4.69) is 17.0 Å². The van der Waals surface area contributed by atoms with Gasteiger partial charge in [-0.05, 0) is 42.2 Å². The number of urea groups is 1. The number of rotatable bonds is 11. The SMILES string of the molecule is CCCCc1nc2cccc(OC(=O)O)c2n1Cc1ccc(-c2ccccc2S(=O)(=O)NC(=O)NCCC)cc1. The second-order valence-corrected chi connectivity index (χ2v) is 10.9. The van der Waals surface area contributed by atoms with E-state index in [0.29, 0.717) is 41.7 Å². The third-order valence-corrected chi connectivity index (χ3v) is 7.69. The molecular weight excluding hydrogens is 532 g/mol. The molecule has 0 aliphatic heterocycles. The maximum atomic E-state index is 13.0. The van der Waals surface area contributed by atoms with Crippen molar-refractivity contribution in [2.24, 2.45) is 0 Å². The van der Waals surface area contributed by atoms with Gasteiger partial charge in [0.05, 0.1) is 10.4 Å². The molecule has 210 valence electrons. The summed E-state index contributed by atoms with van der Waals surface area (Å²) in [7, 11) is -4.11. The first-order chi connectivity index (χ1) is 19.2. The number of aromatic nitrogens is 2. The van der Waals surface area contributed by atoms with E-state index in [1.165, 1.54) is 6.07 Å². The molecular formula is C29H32N4O6S. The van der Waals surface area contributed by atoms with Crippen molar-refractivity contribution in [1.29, 1.82) is 0 Å². The van der Waals surface area contributed by atoms with Crippen molar-refractivity contribution < 1.29 is 27.9 Å². The van der Waals surface area contributed by atoms with Gasteiger partial charge in [-0.2, -0.15) is 0 Å². The zero-order valence-electron chi connectivity index (χ0n) is 22.4. The first kappa shape index (κ1) is 28.6. The van der Waals surface area contributed by atoms with Gasteiger partial charge in [0, 0.05) is 25.1 Å². The van der Waals surface area contributed by atoms with Gasteiger partial charge < -0.3 is 19.7 Å². The van der Waals surface area contributed by atoms with Crippen molar-refractivity contribution in [3.8, 4) is 16.9 Å². The number of aryl methyl sites for hydroxylation is 1. The third-order valence-electron chi connectivity index (χ3n) is 6.30. The van der Waals surface area contributed by atoms with Gasteiger partial charge in [0.15, 0.2) is 5.75 Å². The number of hydrogen-bond acceptors (Lipinski definition) is 6. The molecule has 0 aliphatic rings. The minimum absolute atomic E-state index is 0.00712. The number of sulfonamides is 1. The van der Waals surface area contributed by atoms with E-state index in [9.17, 15) is 23.1 Å². The summed E-state index contributed by atoms with van der Waals surface area (Å²) in [4.78, 5) is 28.1. The molecule has 4 rings (SSSR count). The lowest BCUT2D eigenvalue weighted by molar-refractivity contribution is 0.145. The van der Waals surface area contributed by atoms with Crippen LogP contribution >= 0.6 is 0 Å². The normalized spacial score (nSPS) is 11.3. The lowest BCUT2D eigenvalue weighted by Crippen LogP contribution is -2.39. The standard InChI is InChI=1S/C29H32N4O6S/c1-3-5-13-26-31-23-10-8-11-24(39-29(35)36)27(23)33(26)19-20-14-16-21(17-15-20)22-9-6-7-12-25(22)40(37,38)32-28(34)30-18-4-2/h6-12,14-17H,3-5,13,18-19H2,1-2H3,(H,35,36)(H2,30,32,34). The van der Waals surface area contributed by atoms with Crippen LogP contribution in [-0.2, 0) is 23.0 Å². The number of imidazole rings is 1. The molecule has 0 unspecified atom stereocenters. The Hall–Kier alpha value is -4.38. The fourth-order valence-corrected chi connectivity index (χ4v) is 5.60. The molecule has 40 heavy (non-hydrogen) atoms. The largest absolute Gasteiger partial charge is 0.511 e. The van der Waals surface area contributed by atoms with Crippen molar-refractivity contribution in [1.82, 2.24) is 19.6 Å². The second-order valence-electron chi connectivity index (χ2n) is 9.26. The number of carboxylic acid groups (broad SMARTS) is 1. The van der Waals surface area contributed by atoms with Crippen LogP contribution in [0.1, 0.15) is 44.5 Å². The number of ether oxygens (including phenoxy) is 1. The summed E-state index contributed by atoms with van der Waals surface area (Å²) in [5.74, 6) is 1.04. The van der Waals surface area contributed by atoms with Crippen LogP contribution in [0.2, 0.25) is 0 Å². The van der Waals surface area contributed by atoms with Gasteiger partial charge in [-0.25, -0.2) is 27.7 Å². The van der Waals surface area contributed by atoms with Gasteiger partial charge in [-0.1, -0.05) is 68.8 Å². The summed E-state index contributed by atoms with van der Waals surface area (Å²) in [6.07, 6.45) is 1.91. The molecule has 0 fully saturated rings. The smallest absolute Gasteiger partial charge is 0.449 e. The molecule has 0 bridgehead atoms. The van der Waals surface area contributed by atoms with E-state index in [1.54, 1.807) is 30.3 Å². The number of carbonyl (C=O) groups excluding carboxylic acids is 1. The number of fused-ring (bicyclic) bond motifs is 1. The average molecular weight is 565 g/mol. The zero-order chi connectivity index (χ0) is 28.7. The Bertz CT molecular complexity index is 1610. The maximum absolute atomic E-state index is 13.0. The molecule has 0 saturated carbocycles. The Morgan fingerprint density at radius 2 is 1.73 bits per heavy atom. The predicted molar refractivity (Wildman–Crippen MR) is 152 cm³/mol. The van der Waals surface area contributed by atoms with Crippen LogP contribution in [0.3, 0.4) is 0 Å². The fourth-order valence-electron chi connectivity index (χ4n) is 4.44. The molecule has 0 radical (unpaired) electrons. The predicted octanol–water partition coefficient (Wildman–Crippen LogP) is 5.55. The number of nitrogens with zero attached hydrogens (tertiary/aromatic N) is 2. The van der Waals surface area contributed by atoms with Crippen LogP contribution in [0.15, 0.2) is 71.6 Å². The van der Waals surface area contributed by atoms with Crippen LogP contribution in [0.25, 0.3) is 22.2 Å². The molecule has 4 aromatic rings. The first-order valence-corrected chi connectivity index (χ1v) is 14.6. The number of amides is 2. The second kappa shape index (κ2) is 12.6. The molecule has 0 aliphatic carbocycles. The Kier molecular flexibility index (Phi) is 9.05. The van der Waals surface area contributed by atoms with E-state index < -0.39 is 22.2 Å². The maximum Gasteiger partial charge on any atom is 0.511 e. The highest BCUT2D eigenvalue weighted by Gasteiger charge is 2.22. The van der Waals surface area contributed by atoms with Crippen LogP contribution < -0.4 is 14.8 Å². The van der Waals surface area contributed by atoms with E-state index >= 15 is 0 Å². The van der Waals surface area contributed by atoms with Gasteiger partial charge in [-0.15, -0.1) is 0 Å². The summed E-state index contributed by atoms with van der Waals surface area (Å²) in [6, 6.07) is 18.3. The van der Waals surface area contributed by atoms with E-state index in [4.69, 9.17) is 9.72 Å². The lowest BCUT2D eigenvalue weighted by Gasteiger charge is -2.14. The van der Waals surface area contributed by atoms with Gasteiger partial charge >= 0.3 is 12.2 Å². The van der Waals surface area contributed by atoms with Gasteiger partial charge in [0.2, 0.25) is 0 Å². The highest BCUT2D eigenvalue weighted by molar-refractivity contribution is 7.90. The summed E-state index contributed by atoms with van der Waals surface area (Å²) in [5.41, 5.74) is 3.28. The van der Waals surface area contributed by atoms with Gasteiger partial charge in [0.1, 0.15) is 11.3 Å². The fraction of sp³-hybridized carbons (Fsp3) is 0.276. The number of para-hydroxylation sites is 1. The lowest BCUT2D eigenvalue weighted by atomic mass is 10.0. The highest BCUT2D eigenvalue weighted by Crippen LogP contribution is 2.30. The number of hydrogen-bond donors (Lipinski definition) is 3. The molecule has 11 heteroatoms. The number of nitrogens with one attached hydrogen (secondary N) is 2. The minimum Gasteiger partial charge on any atom is -0.449 e. The number of benzene rings is 3. The summed E-state index contributed by atoms with van der Waals surface area (Å²) >= 11 is 0. The topological polar surface area (TPSA) is 140 Å². The molecule has 3 N–H and O–H groups in total. The summed E-state index contributed by atoms with van der Waals surface area (Å²) < 4.78 is 35.1. The van der Waals surface area contributed by atoms with E-state index in [-0.39, 0.29) is 10.6 Å². The number of unbranched alkanes of at least 4 members (excludes halogenated alkanes) is 1. The Morgan fingerprint density at radius 3 is 2.42 bits per heavy atom. The minimum atomic E-state index is -4.11. The van der Waals surface area contributed by atoms with Crippen LogP contribution in [-0.4, -0.2) is 41.8 Å². The number of carbonyl (C=O) groups is 2. The molecule has 2 amide bonds. The van der Waals surface area contributed by atoms with Crippen molar-refractivity contribution in [2.45, 2.75) is 51.0 Å². The molecule has 0 spiro atoms. The van der Waals surface area contributed by atoms with Gasteiger partial charge in [-0.3, -0.25) is 0 Å². The third kappa shape index (κ3) is 6.60. The molecule has 0 atom stereocenters. The Balaban J connectivity index is 1.66. The summed E-state index contributed by atoms with van der Waals surface area (Å²) in [6.45, 7) is 4.74. The van der Waals surface area contributed by atoms with E-state index in [1.807, 2.05) is 41.8 Å². The van der Waals surface area contributed by atoms with Crippen molar-refractivity contribution in [3.05, 3.63) is 78.1 Å². The van der Waals surface area contributed by atoms with Crippen molar-refractivity contribution >= 4 is 33.2 Å². The highest BCUT2D eigenvalue weighted by atomic mass is 32.2. The molecule has 0 saturated heterocycles. The first-order valence-electron chi connectivity index (χ1n) is 13.1. The molecule has 3 aromatic carbocycles. The Labute approximate surface area is 233 Å². The van der Waals surface area contributed by atoms with Crippen molar-refractivity contribution in [2.75, 3.05) is 6.54 Å². The summed E-state index contributed by atoms with van der Waals surface area (Å²) in [5, 5.41) is 11.8.